The Balaban J connectivity index is 2.43. The van der Waals surface area contributed by atoms with Crippen LogP contribution in [-0.4, -0.2) is 18.2 Å². The summed E-state index contributed by atoms with van der Waals surface area (Å²) in [5.41, 5.74) is 1.40. The number of carbonyl (C=O) groups is 1. The number of benzene rings is 2. The number of carboxylic acids is 1. The van der Waals surface area contributed by atoms with Crippen LogP contribution in [0.4, 0.5) is 0 Å². The first-order chi connectivity index (χ1) is 9.11. The van der Waals surface area contributed by atoms with Crippen molar-refractivity contribution < 1.29 is 14.6 Å². The second-order valence-electron chi connectivity index (χ2n) is 4.03. The molecule has 0 spiro atoms. The highest BCUT2D eigenvalue weighted by molar-refractivity contribution is 7.99. The molecule has 2 aromatic carbocycles. The van der Waals surface area contributed by atoms with E-state index >= 15 is 0 Å². The summed E-state index contributed by atoms with van der Waals surface area (Å²) in [5.74, 6) is -0.278. The fraction of sp³-hybridized carbons (Fsp3) is 0.133. The third kappa shape index (κ3) is 3.09. The monoisotopic (exact) mass is 274 g/mol. The second-order valence-corrected chi connectivity index (χ2v) is 5.12. The van der Waals surface area contributed by atoms with Gasteiger partial charge in [0.05, 0.1) is 12.7 Å². The molecule has 0 unspecified atom stereocenters. The Bertz CT molecular complexity index is 608. The lowest BCUT2D eigenvalue weighted by molar-refractivity contribution is 0.0693. The molecule has 0 fully saturated rings. The molecule has 0 aliphatic carbocycles. The molecule has 3 nitrogen and oxygen atoms in total. The summed E-state index contributed by atoms with van der Waals surface area (Å²) >= 11 is 1.44. The SMILES string of the molecule is COc1ccc(C(=O)O)c(Sc2ccccc2C)c1. The minimum atomic E-state index is -0.932. The van der Waals surface area contributed by atoms with Crippen molar-refractivity contribution in [2.24, 2.45) is 0 Å². The molecular weight excluding hydrogens is 260 g/mol. The molecular formula is C15H14O3S. The van der Waals surface area contributed by atoms with Gasteiger partial charge in [0.1, 0.15) is 5.75 Å². The Morgan fingerprint density at radius 3 is 2.53 bits per heavy atom. The summed E-state index contributed by atoms with van der Waals surface area (Å²) in [6, 6.07) is 12.9. The van der Waals surface area contributed by atoms with Crippen LogP contribution in [0.3, 0.4) is 0 Å². The first-order valence-electron chi connectivity index (χ1n) is 5.76. The Kier molecular flexibility index (Phi) is 4.12. The third-order valence-electron chi connectivity index (χ3n) is 2.73. The molecule has 2 rings (SSSR count). The third-order valence-corrected chi connectivity index (χ3v) is 3.97. The molecule has 19 heavy (non-hydrogen) atoms. The van der Waals surface area contributed by atoms with E-state index in [1.54, 1.807) is 25.3 Å². The van der Waals surface area contributed by atoms with Crippen LogP contribution < -0.4 is 4.74 Å². The van der Waals surface area contributed by atoms with Crippen molar-refractivity contribution in [2.75, 3.05) is 7.11 Å². The lowest BCUT2D eigenvalue weighted by Gasteiger charge is -2.09. The average molecular weight is 274 g/mol. The summed E-state index contributed by atoms with van der Waals surface area (Å²) in [6.07, 6.45) is 0. The van der Waals surface area contributed by atoms with E-state index in [1.165, 1.54) is 11.8 Å². The summed E-state index contributed by atoms with van der Waals surface area (Å²) in [6.45, 7) is 2.00. The van der Waals surface area contributed by atoms with Gasteiger partial charge in [0, 0.05) is 9.79 Å². The van der Waals surface area contributed by atoms with Gasteiger partial charge >= 0.3 is 5.97 Å². The molecule has 1 N–H and O–H groups in total. The first kappa shape index (κ1) is 13.5. The van der Waals surface area contributed by atoms with Gasteiger partial charge in [-0.1, -0.05) is 30.0 Å². The zero-order valence-corrected chi connectivity index (χ0v) is 11.5. The maximum absolute atomic E-state index is 11.2. The smallest absolute Gasteiger partial charge is 0.336 e. The molecule has 0 aliphatic rings. The van der Waals surface area contributed by atoms with Crippen LogP contribution >= 0.6 is 11.8 Å². The lowest BCUT2D eigenvalue weighted by atomic mass is 10.2. The van der Waals surface area contributed by atoms with Crippen molar-refractivity contribution in [1.29, 1.82) is 0 Å². The molecule has 0 aromatic heterocycles. The van der Waals surface area contributed by atoms with Gasteiger partial charge in [0.2, 0.25) is 0 Å². The van der Waals surface area contributed by atoms with Crippen LogP contribution in [0, 0.1) is 6.92 Å². The average Bonchev–Trinajstić information content (AvgIpc) is 2.41. The predicted octanol–water partition coefficient (Wildman–Crippen LogP) is 3.85. The van der Waals surface area contributed by atoms with Crippen molar-refractivity contribution in [3.05, 3.63) is 53.6 Å². The van der Waals surface area contributed by atoms with E-state index in [1.807, 2.05) is 31.2 Å². The van der Waals surface area contributed by atoms with Crippen molar-refractivity contribution in [3.8, 4) is 5.75 Å². The van der Waals surface area contributed by atoms with Crippen molar-refractivity contribution in [2.45, 2.75) is 16.7 Å². The Labute approximate surface area is 116 Å². The molecule has 2 aromatic rings. The molecule has 4 heteroatoms. The molecule has 0 bridgehead atoms. The number of rotatable bonds is 4. The molecule has 0 heterocycles. The van der Waals surface area contributed by atoms with Crippen LogP contribution in [0.2, 0.25) is 0 Å². The Morgan fingerprint density at radius 1 is 1.16 bits per heavy atom. The van der Waals surface area contributed by atoms with Gasteiger partial charge in [-0.05, 0) is 36.8 Å². The number of hydrogen-bond acceptors (Lipinski definition) is 3. The van der Waals surface area contributed by atoms with E-state index in [0.29, 0.717) is 10.6 Å². The zero-order chi connectivity index (χ0) is 13.8. The molecule has 0 atom stereocenters. The molecule has 0 radical (unpaired) electrons. The van der Waals surface area contributed by atoms with E-state index < -0.39 is 5.97 Å². The number of ether oxygens (including phenoxy) is 1. The molecule has 98 valence electrons. The van der Waals surface area contributed by atoms with E-state index in [2.05, 4.69) is 0 Å². The van der Waals surface area contributed by atoms with Gasteiger partial charge in [0.15, 0.2) is 0 Å². The van der Waals surface area contributed by atoms with E-state index in [9.17, 15) is 9.90 Å². The summed E-state index contributed by atoms with van der Waals surface area (Å²) in [4.78, 5) is 13.0. The largest absolute Gasteiger partial charge is 0.497 e. The first-order valence-corrected chi connectivity index (χ1v) is 6.58. The van der Waals surface area contributed by atoms with Crippen LogP contribution in [0.25, 0.3) is 0 Å². The molecule has 0 saturated heterocycles. The quantitative estimate of drug-likeness (QED) is 0.919. The van der Waals surface area contributed by atoms with E-state index in [0.717, 1.165) is 10.5 Å². The van der Waals surface area contributed by atoms with Crippen LogP contribution in [0.1, 0.15) is 15.9 Å². The number of aryl methyl sites for hydroxylation is 1. The number of hydrogen-bond donors (Lipinski definition) is 1. The van der Waals surface area contributed by atoms with Crippen LogP contribution in [0.15, 0.2) is 52.3 Å². The van der Waals surface area contributed by atoms with Gasteiger partial charge in [-0.25, -0.2) is 4.79 Å². The predicted molar refractivity (Wildman–Crippen MR) is 75.3 cm³/mol. The van der Waals surface area contributed by atoms with Gasteiger partial charge in [-0.15, -0.1) is 0 Å². The summed E-state index contributed by atoms with van der Waals surface area (Å²) < 4.78 is 5.15. The highest BCUT2D eigenvalue weighted by atomic mass is 32.2. The minimum Gasteiger partial charge on any atom is -0.497 e. The fourth-order valence-corrected chi connectivity index (χ4v) is 2.73. The number of carboxylic acid groups (broad SMARTS) is 1. The normalized spacial score (nSPS) is 10.2. The number of aromatic carboxylic acids is 1. The second kappa shape index (κ2) is 5.80. The van der Waals surface area contributed by atoms with Crippen LogP contribution in [-0.2, 0) is 0 Å². The standard InChI is InChI=1S/C15H14O3S/c1-10-5-3-4-6-13(10)19-14-9-11(18-2)7-8-12(14)15(16)17/h3-9H,1-2H3,(H,16,17). The Hall–Kier alpha value is -1.94. The van der Waals surface area contributed by atoms with Gasteiger partial charge in [0.25, 0.3) is 0 Å². The summed E-state index contributed by atoms with van der Waals surface area (Å²) in [7, 11) is 1.57. The van der Waals surface area contributed by atoms with Crippen molar-refractivity contribution in [1.82, 2.24) is 0 Å². The van der Waals surface area contributed by atoms with Gasteiger partial charge < -0.3 is 9.84 Å². The van der Waals surface area contributed by atoms with E-state index in [-0.39, 0.29) is 5.56 Å². The highest BCUT2D eigenvalue weighted by Gasteiger charge is 2.13. The van der Waals surface area contributed by atoms with Crippen LogP contribution in [0.5, 0.6) is 5.75 Å². The highest BCUT2D eigenvalue weighted by Crippen LogP contribution is 2.34. The summed E-state index contributed by atoms with van der Waals surface area (Å²) in [5, 5.41) is 9.22. The van der Waals surface area contributed by atoms with Crippen molar-refractivity contribution in [3.63, 3.8) is 0 Å². The topological polar surface area (TPSA) is 46.5 Å². The molecule has 0 saturated carbocycles. The molecule has 0 aliphatic heterocycles. The maximum Gasteiger partial charge on any atom is 0.336 e. The minimum absolute atomic E-state index is 0.286. The lowest BCUT2D eigenvalue weighted by Crippen LogP contribution is -1.99. The fourth-order valence-electron chi connectivity index (χ4n) is 1.68. The maximum atomic E-state index is 11.2. The van der Waals surface area contributed by atoms with E-state index in [4.69, 9.17) is 4.74 Å². The van der Waals surface area contributed by atoms with Crippen molar-refractivity contribution >= 4 is 17.7 Å². The van der Waals surface area contributed by atoms with Gasteiger partial charge in [-0.3, -0.25) is 0 Å². The number of methoxy groups -OCH3 is 1. The van der Waals surface area contributed by atoms with Gasteiger partial charge in [-0.2, -0.15) is 0 Å². The molecule has 0 amide bonds. The zero-order valence-electron chi connectivity index (χ0n) is 10.7. The Morgan fingerprint density at radius 2 is 1.89 bits per heavy atom.